The third-order valence-corrected chi connectivity index (χ3v) is 5.13. The lowest BCUT2D eigenvalue weighted by Crippen LogP contribution is -2.37. The van der Waals surface area contributed by atoms with Gasteiger partial charge in [-0.2, -0.15) is 0 Å². The first-order chi connectivity index (χ1) is 12.7. The zero-order valence-electron chi connectivity index (χ0n) is 15.5. The number of ether oxygens (including phenoxy) is 1. The SMILES string of the molecule is CC(=O)N(CCNS(=O)(=O)c1ccc(OC(C)C)cc1)c1ccc(F)cc1. The highest BCUT2D eigenvalue weighted by atomic mass is 32.2. The van der Waals surface area contributed by atoms with Crippen molar-refractivity contribution < 1.29 is 22.3 Å². The van der Waals surface area contributed by atoms with Gasteiger partial charge >= 0.3 is 0 Å². The number of hydrogen-bond donors (Lipinski definition) is 1. The molecule has 0 fully saturated rings. The molecule has 0 saturated heterocycles. The minimum atomic E-state index is -3.72. The van der Waals surface area contributed by atoms with E-state index in [1.54, 1.807) is 12.1 Å². The van der Waals surface area contributed by atoms with Crippen LogP contribution in [0.5, 0.6) is 5.75 Å². The molecule has 6 nitrogen and oxygen atoms in total. The molecule has 0 saturated carbocycles. The van der Waals surface area contributed by atoms with Crippen LogP contribution in [0.15, 0.2) is 53.4 Å². The van der Waals surface area contributed by atoms with Gasteiger partial charge in [0.2, 0.25) is 15.9 Å². The number of carbonyl (C=O) groups is 1. The minimum absolute atomic E-state index is 0.00499. The van der Waals surface area contributed by atoms with Gasteiger partial charge in [0.05, 0.1) is 11.0 Å². The summed E-state index contributed by atoms with van der Waals surface area (Å²) < 4.78 is 45.8. The molecule has 0 spiro atoms. The molecule has 2 aromatic carbocycles. The fourth-order valence-corrected chi connectivity index (χ4v) is 3.46. The van der Waals surface area contributed by atoms with E-state index in [2.05, 4.69) is 4.72 Å². The first-order valence-electron chi connectivity index (χ1n) is 8.49. The molecular weight excluding hydrogens is 371 g/mol. The van der Waals surface area contributed by atoms with Gasteiger partial charge in [-0.1, -0.05) is 0 Å². The Hall–Kier alpha value is -2.45. The fraction of sp³-hybridized carbons (Fsp3) is 0.316. The van der Waals surface area contributed by atoms with E-state index in [0.29, 0.717) is 11.4 Å². The summed E-state index contributed by atoms with van der Waals surface area (Å²) in [5, 5.41) is 0. The maximum Gasteiger partial charge on any atom is 0.240 e. The summed E-state index contributed by atoms with van der Waals surface area (Å²) in [5.41, 5.74) is 0.498. The number of hydrogen-bond acceptors (Lipinski definition) is 4. The number of sulfonamides is 1. The Morgan fingerprint density at radius 2 is 1.70 bits per heavy atom. The Bertz CT molecular complexity index is 866. The fourth-order valence-electron chi connectivity index (χ4n) is 2.43. The molecule has 27 heavy (non-hydrogen) atoms. The molecule has 146 valence electrons. The summed E-state index contributed by atoms with van der Waals surface area (Å²) in [7, 11) is -3.72. The van der Waals surface area contributed by atoms with E-state index >= 15 is 0 Å². The van der Waals surface area contributed by atoms with Crippen LogP contribution < -0.4 is 14.4 Å². The number of nitrogens with zero attached hydrogens (tertiary/aromatic N) is 1. The molecule has 2 aromatic rings. The first kappa shape index (κ1) is 20.9. The number of nitrogens with one attached hydrogen (secondary N) is 1. The van der Waals surface area contributed by atoms with Gasteiger partial charge in [-0.25, -0.2) is 17.5 Å². The zero-order valence-corrected chi connectivity index (χ0v) is 16.3. The van der Waals surface area contributed by atoms with E-state index in [1.165, 1.54) is 48.2 Å². The van der Waals surface area contributed by atoms with Crippen molar-refractivity contribution in [2.75, 3.05) is 18.0 Å². The second kappa shape index (κ2) is 8.96. The van der Waals surface area contributed by atoms with Crippen molar-refractivity contribution in [3.63, 3.8) is 0 Å². The maximum atomic E-state index is 13.0. The topological polar surface area (TPSA) is 75.7 Å². The number of halogens is 1. The number of amides is 1. The van der Waals surface area contributed by atoms with Crippen molar-refractivity contribution in [3.05, 3.63) is 54.3 Å². The van der Waals surface area contributed by atoms with Crippen LogP contribution in [0.2, 0.25) is 0 Å². The van der Waals surface area contributed by atoms with Gasteiger partial charge in [-0.3, -0.25) is 4.79 Å². The van der Waals surface area contributed by atoms with Gasteiger partial charge < -0.3 is 9.64 Å². The average molecular weight is 394 g/mol. The Kier molecular flexibility index (Phi) is 6.92. The van der Waals surface area contributed by atoms with Gasteiger partial charge in [-0.05, 0) is 62.4 Å². The van der Waals surface area contributed by atoms with E-state index in [9.17, 15) is 17.6 Å². The summed E-state index contributed by atoms with van der Waals surface area (Å²) in [6, 6.07) is 11.5. The van der Waals surface area contributed by atoms with Crippen LogP contribution in [0.25, 0.3) is 0 Å². The molecule has 0 radical (unpaired) electrons. The third-order valence-electron chi connectivity index (χ3n) is 3.65. The number of carbonyl (C=O) groups excluding carboxylic acids is 1. The predicted molar refractivity (Wildman–Crippen MR) is 102 cm³/mol. The molecule has 0 aliphatic carbocycles. The smallest absolute Gasteiger partial charge is 0.240 e. The molecule has 0 heterocycles. The van der Waals surface area contributed by atoms with Crippen molar-refractivity contribution in [1.82, 2.24) is 4.72 Å². The summed E-state index contributed by atoms with van der Waals surface area (Å²) >= 11 is 0. The highest BCUT2D eigenvalue weighted by Crippen LogP contribution is 2.18. The van der Waals surface area contributed by atoms with Gasteiger partial charge in [-0.15, -0.1) is 0 Å². The Morgan fingerprint density at radius 3 is 2.22 bits per heavy atom. The quantitative estimate of drug-likeness (QED) is 0.747. The number of benzene rings is 2. The minimum Gasteiger partial charge on any atom is -0.491 e. The molecule has 1 N–H and O–H groups in total. The van der Waals surface area contributed by atoms with E-state index in [0.717, 1.165) is 0 Å². The zero-order chi connectivity index (χ0) is 20.0. The molecule has 0 atom stereocenters. The third kappa shape index (κ3) is 6.04. The van der Waals surface area contributed by atoms with Gasteiger partial charge in [0, 0.05) is 25.7 Å². The molecule has 0 aliphatic heterocycles. The van der Waals surface area contributed by atoms with Crippen LogP contribution in [-0.2, 0) is 14.8 Å². The van der Waals surface area contributed by atoms with Crippen molar-refractivity contribution in [2.24, 2.45) is 0 Å². The lowest BCUT2D eigenvalue weighted by atomic mass is 10.2. The maximum absolute atomic E-state index is 13.0. The first-order valence-corrected chi connectivity index (χ1v) is 9.97. The van der Waals surface area contributed by atoms with Crippen LogP contribution in [0.4, 0.5) is 10.1 Å². The lowest BCUT2D eigenvalue weighted by Gasteiger charge is -2.21. The normalized spacial score (nSPS) is 11.4. The monoisotopic (exact) mass is 394 g/mol. The van der Waals surface area contributed by atoms with Crippen molar-refractivity contribution >= 4 is 21.6 Å². The predicted octanol–water partition coefficient (Wildman–Crippen LogP) is 2.94. The second-order valence-corrected chi connectivity index (χ2v) is 7.95. The molecule has 0 aliphatic rings. The molecule has 0 aromatic heterocycles. The van der Waals surface area contributed by atoms with E-state index in [1.807, 2.05) is 13.8 Å². The van der Waals surface area contributed by atoms with Crippen LogP contribution >= 0.6 is 0 Å². The summed E-state index contributed by atoms with van der Waals surface area (Å²) in [6.45, 7) is 5.27. The molecular formula is C19H23FN2O4S. The Labute approximate surface area is 159 Å². The van der Waals surface area contributed by atoms with Crippen molar-refractivity contribution in [3.8, 4) is 5.75 Å². The summed E-state index contributed by atoms with van der Waals surface area (Å²) in [6.07, 6.45) is -0.00499. The number of anilines is 1. The summed E-state index contributed by atoms with van der Waals surface area (Å²) in [4.78, 5) is 13.3. The Balaban J connectivity index is 2.01. The van der Waals surface area contributed by atoms with Gasteiger partial charge in [0.25, 0.3) is 0 Å². The van der Waals surface area contributed by atoms with Crippen molar-refractivity contribution in [1.29, 1.82) is 0 Å². The standard InChI is InChI=1S/C19H23FN2O4S/c1-14(2)26-18-8-10-19(11-9-18)27(24,25)21-12-13-22(15(3)23)17-6-4-16(20)5-7-17/h4-11,14,21H,12-13H2,1-3H3. The van der Waals surface area contributed by atoms with Crippen LogP contribution in [0.1, 0.15) is 20.8 Å². The van der Waals surface area contributed by atoms with Crippen LogP contribution in [0, 0.1) is 5.82 Å². The largest absolute Gasteiger partial charge is 0.491 e. The molecule has 1 amide bonds. The highest BCUT2D eigenvalue weighted by molar-refractivity contribution is 7.89. The van der Waals surface area contributed by atoms with Crippen LogP contribution in [-0.4, -0.2) is 33.5 Å². The van der Waals surface area contributed by atoms with Gasteiger partial charge in [0.15, 0.2) is 0 Å². The molecule has 8 heteroatoms. The summed E-state index contributed by atoms with van der Waals surface area (Å²) in [5.74, 6) is -0.0909. The molecule has 0 bridgehead atoms. The second-order valence-electron chi connectivity index (χ2n) is 6.18. The highest BCUT2D eigenvalue weighted by Gasteiger charge is 2.16. The van der Waals surface area contributed by atoms with E-state index in [-0.39, 0.29) is 30.0 Å². The average Bonchev–Trinajstić information content (AvgIpc) is 2.59. The molecule has 0 unspecified atom stereocenters. The molecule has 2 rings (SSSR count). The lowest BCUT2D eigenvalue weighted by molar-refractivity contribution is -0.116. The van der Waals surface area contributed by atoms with E-state index in [4.69, 9.17) is 4.74 Å². The van der Waals surface area contributed by atoms with Gasteiger partial charge in [0.1, 0.15) is 11.6 Å². The van der Waals surface area contributed by atoms with E-state index < -0.39 is 15.8 Å². The number of rotatable bonds is 8. The van der Waals surface area contributed by atoms with Crippen molar-refractivity contribution in [2.45, 2.75) is 31.8 Å². The van der Waals surface area contributed by atoms with Crippen LogP contribution in [0.3, 0.4) is 0 Å². The Morgan fingerprint density at radius 1 is 1.11 bits per heavy atom.